The average molecular weight is 127 g/mol. The van der Waals surface area contributed by atoms with Crippen molar-refractivity contribution in [3.63, 3.8) is 0 Å². The van der Waals surface area contributed by atoms with E-state index in [1.807, 2.05) is 11.9 Å². The molecule has 0 bridgehead atoms. The van der Waals surface area contributed by atoms with Crippen molar-refractivity contribution in [2.75, 3.05) is 20.1 Å². The van der Waals surface area contributed by atoms with E-state index in [0.717, 1.165) is 6.54 Å². The molecule has 0 radical (unpaired) electrons. The molecule has 0 saturated heterocycles. The van der Waals surface area contributed by atoms with Gasteiger partial charge in [-0.05, 0) is 14.0 Å². The molecule has 0 rings (SSSR count). The topological polar surface area (TPSA) is 20.3 Å². The van der Waals surface area contributed by atoms with Gasteiger partial charge < -0.3 is 0 Å². The second-order valence-electron chi connectivity index (χ2n) is 2.19. The van der Waals surface area contributed by atoms with E-state index in [9.17, 15) is 4.79 Å². The predicted molar refractivity (Wildman–Crippen MR) is 38.4 cm³/mol. The van der Waals surface area contributed by atoms with Crippen molar-refractivity contribution in [1.29, 1.82) is 0 Å². The quantitative estimate of drug-likeness (QED) is 0.518. The third-order valence-electron chi connectivity index (χ3n) is 0.933. The third-order valence-corrected chi connectivity index (χ3v) is 0.933. The number of carbonyl (C=O) groups excluding carboxylic acids is 1. The highest BCUT2D eigenvalue weighted by atomic mass is 16.1. The summed E-state index contributed by atoms with van der Waals surface area (Å²) in [6.45, 7) is 6.44. The van der Waals surface area contributed by atoms with Crippen molar-refractivity contribution in [3.05, 3.63) is 12.7 Å². The van der Waals surface area contributed by atoms with Crippen LogP contribution in [0.2, 0.25) is 0 Å². The number of likely N-dealkylation sites (N-methyl/N-ethyl adjacent to an activating group) is 1. The molecule has 2 heteroatoms. The molecule has 0 aromatic heterocycles. The number of hydrogen-bond donors (Lipinski definition) is 0. The van der Waals surface area contributed by atoms with Crippen LogP contribution in [-0.2, 0) is 4.79 Å². The first-order valence-corrected chi connectivity index (χ1v) is 2.95. The lowest BCUT2D eigenvalue weighted by Crippen LogP contribution is -2.24. The molecule has 0 aromatic carbocycles. The number of nitrogens with zero attached hydrogens (tertiary/aromatic N) is 1. The van der Waals surface area contributed by atoms with E-state index in [1.54, 1.807) is 13.0 Å². The standard InChI is InChI=1S/C7H13NO/c1-4-5-8(3)6-7(2)9/h4H,1,5-6H2,2-3H3. The van der Waals surface area contributed by atoms with Gasteiger partial charge in [0.15, 0.2) is 0 Å². The van der Waals surface area contributed by atoms with E-state index < -0.39 is 0 Å². The van der Waals surface area contributed by atoms with Gasteiger partial charge in [0.05, 0.1) is 6.54 Å². The Bertz CT molecular complexity index is 109. The minimum Gasteiger partial charge on any atom is -0.299 e. The number of hydrogen-bond acceptors (Lipinski definition) is 2. The van der Waals surface area contributed by atoms with Crippen LogP contribution in [0.1, 0.15) is 6.92 Å². The van der Waals surface area contributed by atoms with Gasteiger partial charge in [-0.1, -0.05) is 6.08 Å². The van der Waals surface area contributed by atoms with Crippen LogP contribution in [0.3, 0.4) is 0 Å². The van der Waals surface area contributed by atoms with Crippen LogP contribution in [0.15, 0.2) is 12.7 Å². The number of carbonyl (C=O) groups is 1. The zero-order valence-corrected chi connectivity index (χ0v) is 6.05. The number of ketones is 1. The van der Waals surface area contributed by atoms with Gasteiger partial charge in [-0.15, -0.1) is 6.58 Å². The van der Waals surface area contributed by atoms with Crippen LogP contribution in [0.25, 0.3) is 0 Å². The molecule has 0 heterocycles. The molecular weight excluding hydrogens is 114 g/mol. The summed E-state index contributed by atoms with van der Waals surface area (Å²) in [5.41, 5.74) is 0. The summed E-state index contributed by atoms with van der Waals surface area (Å²) in [5.74, 6) is 0.194. The van der Waals surface area contributed by atoms with Crippen molar-refractivity contribution in [3.8, 4) is 0 Å². The molecule has 2 nitrogen and oxygen atoms in total. The SMILES string of the molecule is C=CCN(C)CC(C)=O. The summed E-state index contributed by atoms with van der Waals surface area (Å²) in [6.07, 6.45) is 1.78. The first kappa shape index (κ1) is 8.37. The van der Waals surface area contributed by atoms with Gasteiger partial charge in [0, 0.05) is 6.54 Å². The Hall–Kier alpha value is -0.630. The molecule has 0 unspecified atom stereocenters. The number of rotatable bonds is 4. The molecule has 0 N–H and O–H groups in total. The number of Topliss-reactive ketones (excluding diaryl/α,β-unsaturated/α-hetero) is 1. The molecule has 0 aliphatic heterocycles. The monoisotopic (exact) mass is 127 g/mol. The van der Waals surface area contributed by atoms with Crippen LogP contribution in [0.4, 0.5) is 0 Å². The van der Waals surface area contributed by atoms with Crippen LogP contribution < -0.4 is 0 Å². The van der Waals surface area contributed by atoms with Crippen molar-refractivity contribution in [2.24, 2.45) is 0 Å². The Morgan fingerprint density at radius 2 is 2.33 bits per heavy atom. The fourth-order valence-electron chi connectivity index (χ4n) is 0.665. The fraction of sp³-hybridized carbons (Fsp3) is 0.571. The molecule has 0 atom stereocenters. The summed E-state index contributed by atoms with van der Waals surface area (Å²) in [7, 11) is 1.89. The highest BCUT2D eigenvalue weighted by Gasteiger charge is 1.96. The Balaban J connectivity index is 3.37. The lowest BCUT2D eigenvalue weighted by Gasteiger charge is -2.10. The summed E-state index contributed by atoms with van der Waals surface area (Å²) in [5, 5.41) is 0. The van der Waals surface area contributed by atoms with E-state index in [1.165, 1.54) is 0 Å². The molecule has 9 heavy (non-hydrogen) atoms. The van der Waals surface area contributed by atoms with E-state index in [2.05, 4.69) is 6.58 Å². The van der Waals surface area contributed by atoms with Gasteiger partial charge in [0.25, 0.3) is 0 Å². The van der Waals surface area contributed by atoms with Crippen molar-refractivity contribution >= 4 is 5.78 Å². The normalized spacial score (nSPS) is 9.67. The van der Waals surface area contributed by atoms with Crippen LogP contribution in [0, 0.1) is 0 Å². The summed E-state index contributed by atoms with van der Waals surface area (Å²) >= 11 is 0. The van der Waals surface area contributed by atoms with Gasteiger partial charge in [0.2, 0.25) is 0 Å². The smallest absolute Gasteiger partial charge is 0.143 e. The lowest BCUT2D eigenvalue weighted by molar-refractivity contribution is -0.117. The van der Waals surface area contributed by atoms with Gasteiger partial charge in [-0.3, -0.25) is 9.69 Å². The van der Waals surface area contributed by atoms with Gasteiger partial charge in [-0.2, -0.15) is 0 Å². The molecule has 0 fully saturated rings. The molecule has 0 spiro atoms. The maximum Gasteiger partial charge on any atom is 0.143 e. The molecule has 0 aliphatic rings. The summed E-state index contributed by atoms with van der Waals surface area (Å²) in [6, 6.07) is 0. The van der Waals surface area contributed by atoms with Crippen LogP contribution in [-0.4, -0.2) is 30.8 Å². The maximum absolute atomic E-state index is 10.5. The zero-order chi connectivity index (χ0) is 7.28. The molecule has 0 amide bonds. The highest BCUT2D eigenvalue weighted by Crippen LogP contribution is 1.81. The fourth-order valence-corrected chi connectivity index (χ4v) is 0.665. The lowest BCUT2D eigenvalue weighted by atomic mass is 10.4. The molecule has 0 aromatic rings. The molecule has 52 valence electrons. The minimum atomic E-state index is 0.194. The third kappa shape index (κ3) is 5.24. The Morgan fingerprint density at radius 1 is 1.78 bits per heavy atom. The van der Waals surface area contributed by atoms with E-state index >= 15 is 0 Å². The van der Waals surface area contributed by atoms with Gasteiger partial charge in [0.1, 0.15) is 5.78 Å². The van der Waals surface area contributed by atoms with Gasteiger partial charge in [-0.25, -0.2) is 0 Å². The molecular formula is C7H13NO. The minimum absolute atomic E-state index is 0.194. The van der Waals surface area contributed by atoms with Crippen molar-refractivity contribution < 1.29 is 4.79 Å². The molecule has 0 saturated carbocycles. The van der Waals surface area contributed by atoms with Crippen molar-refractivity contribution in [1.82, 2.24) is 4.90 Å². The predicted octanol–water partition coefficient (Wildman–Crippen LogP) is 0.693. The maximum atomic E-state index is 10.5. The zero-order valence-electron chi connectivity index (χ0n) is 6.05. The van der Waals surface area contributed by atoms with E-state index in [4.69, 9.17) is 0 Å². The van der Waals surface area contributed by atoms with Crippen LogP contribution >= 0.6 is 0 Å². The largest absolute Gasteiger partial charge is 0.299 e. The summed E-state index contributed by atoms with van der Waals surface area (Å²) in [4.78, 5) is 12.4. The average Bonchev–Trinajstić information content (AvgIpc) is 1.63. The highest BCUT2D eigenvalue weighted by molar-refractivity contribution is 5.77. The second-order valence-corrected chi connectivity index (χ2v) is 2.19. The van der Waals surface area contributed by atoms with E-state index in [0.29, 0.717) is 6.54 Å². The van der Waals surface area contributed by atoms with Crippen molar-refractivity contribution in [2.45, 2.75) is 6.92 Å². The Morgan fingerprint density at radius 3 is 2.67 bits per heavy atom. The summed E-state index contributed by atoms with van der Waals surface area (Å²) < 4.78 is 0. The first-order chi connectivity index (χ1) is 4.16. The Labute approximate surface area is 56.2 Å². The second kappa shape index (κ2) is 4.27. The first-order valence-electron chi connectivity index (χ1n) is 2.95. The van der Waals surface area contributed by atoms with Crippen LogP contribution in [0.5, 0.6) is 0 Å². The van der Waals surface area contributed by atoms with Gasteiger partial charge >= 0.3 is 0 Å². The molecule has 0 aliphatic carbocycles. The Kier molecular flexibility index (Phi) is 3.97. The van der Waals surface area contributed by atoms with E-state index in [-0.39, 0.29) is 5.78 Å².